The topological polar surface area (TPSA) is 73.6 Å². The molecule has 114 valence electrons. The highest BCUT2D eigenvalue weighted by molar-refractivity contribution is 5.90. The van der Waals surface area contributed by atoms with Crippen molar-refractivity contribution in [2.45, 2.75) is 26.3 Å². The number of fused-ring (bicyclic) bond motifs is 1. The van der Waals surface area contributed by atoms with Gasteiger partial charge in [-0.3, -0.25) is 4.79 Å². The summed E-state index contributed by atoms with van der Waals surface area (Å²) < 4.78 is 13.4. The van der Waals surface area contributed by atoms with Gasteiger partial charge >= 0.3 is 0 Å². The van der Waals surface area contributed by atoms with Gasteiger partial charge in [-0.2, -0.15) is 0 Å². The molecule has 1 atom stereocenters. The molecule has 3 aromatic rings. The highest BCUT2D eigenvalue weighted by Crippen LogP contribution is 2.23. The number of imidazole rings is 1. The summed E-state index contributed by atoms with van der Waals surface area (Å²) >= 11 is 0. The molecule has 0 aliphatic heterocycles. The minimum atomic E-state index is -0.306. The minimum absolute atomic E-state index is 0.115. The van der Waals surface area contributed by atoms with E-state index in [0.717, 1.165) is 27.9 Å². The van der Waals surface area contributed by atoms with Crippen LogP contribution in [0.25, 0.3) is 10.9 Å². The Hall–Kier alpha value is -2.63. The second-order valence-corrected chi connectivity index (χ2v) is 5.39. The van der Waals surface area contributed by atoms with E-state index in [-0.39, 0.29) is 24.2 Å². The Morgan fingerprint density at radius 3 is 3.00 bits per heavy atom. The molecule has 3 N–H and O–H groups in total. The van der Waals surface area contributed by atoms with E-state index in [2.05, 4.69) is 20.3 Å². The van der Waals surface area contributed by atoms with E-state index < -0.39 is 0 Å². The fraction of sp³-hybridized carbons (Fsp3) is 0.250. The van der Waals surface area contributed by atoms with Gasteiger partial charge in [-0.1, -0.05) is 0 Å². The molecule has 22 heavy (non-hydrogen) atoms. The van der Waals surface area contributed by atoms with Crippen molar-refractivity contribution in [1.82, 2.24) is 20.3 Å². The molecule has 0 aliphatic carbocycles. The van der Waals surface area contributed by atoms with Gasteiger partial charge in [0.15, 0.2) is 0 Å². The summed E-state index contributed by atoms with van der Waals surface area (Å²) in [6.45, 7) is 3.77. The number of aryl methyl sites for hydroxylation is 1. The fourth-order valence-corrected chi connectivity index (χ4v) is 2.62. The maximum absolute atomic E-state index is 13.4. The second kappa shape index (κ2) is 5.63. The third-order valence-electron chi connectivity index (χ3n) is 3.78. The number of nitrogens with one attached hydrogen (secondary N) is 3. The van der Waals surface area contributed by atoms with Crippen molar-refractivity contribution < 1.29 is 9.18 Å². The number of halogens is 1. The van der Waals surface area contributed by atoms with Crippen molar-refractivity contribution >= 4 is 16.8 Å². The molecular formula is C16H17FN4O. The molecule has 0 aliphatic rings. The molecule has 0 fully saturated rings. The van der Waals surface area contributed by atoms with Crippen LogP contribution in [0.15, 0.2) is 30.7 Å². The zero-order valence-corrected chi connectivity index (χ0v) is 12.4. The van der Waals surface area contributed by atoms with Crippen molar-refractivity contribution in [3.8, 4) is 0 Å². The summed E-state index contributed by atoms with van der Waals surface area (Å²) in [5.41, 5.74) is 3.38. The van der Waals surface area contributed by atoms with Crippen molar-refractivity contribution in [3.05, 3.63) is 53.5 Å². The molecule has 0 spiro atoms. The van der Waals surface area contributed by atoms with Crippen LogP contribution < -0.4 is 5.32 Å². The Morgan fingerprint density at radius 1 is 1.45 bits per heavy atom. The van der Waals surface area contributed by atoms with Crippen molar-refractivity contribution in [2.75, 3.05) is 0 Å². The molecule has 1 amide bonds. The third-order valence-corrected chi connectivity index (χ3v) is 3.78. The lowest BCUT2D eigenvalue weighted by molar-refractivity contribution is -0.121. The van der Waals surface area contributed by atoms with Gasteiger partial charge in [0.25, 0.3) is 0 Å². The van der Waals surface area contributed by atoms with Crippen molar-refractivity contribution in [3.63, 3.8) is 0 Å². The molecule has 1 unspecified atom stereocenters. The second-order valence-electron chi connectivity index (χ2n) is 5.39. The van der Waals surface area contributed by atoms with Crippen LogP contribution in [0.3, 0.4) is 0 Å². The number of hydrogen-bond donors (Lipinski definition) is 3. The number of carbonyl (C=O) groups is 1. The molecule has 2 aromatic heterocycles. The van der Waals surface area contributed by atoms with Crippen LogP contribution in [0.4, 0.5) is 4.39 Å². The summed E-state index contributed by atoms with van der Waals surface area (Å²) in [5, 5.41) is 3.66. The summed E-state index contributed by atoms with van der Waals surface area (Å²) in [6.07, 6.45) is 3.45. The number of H-pyrrole nitrogens is 2. The zero-order chi connectivity index (χ0) is 15.7. The third kappa shape index (κ3) is 2.72. The SMILES string of the molecule is Cc1[nH]c2ccc(F)cc2c1CC(=O)NC(C)c1cnc[nH]1. The van der Waals surface area contributed by atoms with Gasteiger partial charge < -0.3 is 15.3 Å². The Labute approximate surface area is 127 Å². The number of benzene rings is 1. The lowest BCUT2D eigenvalue weighted by Gasteiger charge is -2.12. The van der Waals surface area contributed by atoms with E-state index in [1.54, 1.807) is 18.6 Å². The first-order valence-electron chi connectivity index (χ1n) is 7.09. The van der Waals surface area contributed by atoms with E-state index in [1.165, 1.54) is 12.1 Å². The Bertz CT molecular complexity index is 807. The molecule has 0 radical (unpaired) electrons. The molecule has 6 heteroatoms. The van der Waals surface area contributed by atoms with Crippen molar-refractivity contribution in [2.24, 2.45) is 0 Å². The van der Waals surface area contributed by atoms with Gasteiger partial charge in [0.05, 0.1) is 30.7 Å². The number of aromatic amines is 2. The average Bonchev–Trinajstić information content (AvgIpc) is 3.09. The van der Waals surface area contributed by atoms with E-state index in [1.807, 2.05) is 13.8 Å². The quantitative estimate of drug-likeness (QED) is 0.693. The standard InChI is InChI=1S/C16H17FN4O/c1-9-12(13-5-11(17)3-4-14(13)20-9)6-16(22)21-10(2)15-7-18-8-19-15/h3-5,7-8,10,20H,6H2,1-2H3,(H,18,19)(H,21,22). The number of nitrogens with zero attached hydrogens (tertiary/aromatic N) is 1. The summed E-state index contributed by atoms with van der Waals surface area (Å²) in [4.78, 5) is 22.3. The normalized spacial score (nSPS) is 12.5. The summed E-state index contributed by atoms with van der Waals surface area (Å²) in [5.74, 6) is -0.422. The fourth-order valence-electron chi connectivity index (χ4n) is 2.62. The molecular weight excluding hydrogens is 283 g/mol. The molecule has 0 saturated carbocycles. The van der Waals surface area contributed by atoms with E-state index in [0.29, 0.717) is 0 Å². The molecule has 3 rings (SSSR count). The van der Waals surface area contributed by atoms with Crippen molar-refractivity contribution in [1.29, 1.82) is 0 Å². The van der Waals surface area contributed by atoms with Gasteiger partial charge in [-0.05, 0) is 37.6 Å². The molecule has 5 nitrogen and oxygen atoms in total. The van der Waals surface area contributed by atoms with Gasteiger partial charge in [0, 0.05) is 16.6 Å². The molecule has 0 saturated heterocycles. The van der Waals surface area contributed by atoms with E-state index in [4.69, 9.17) is 0 Å². The van der Waals surface area contributed by atoms with Crippen LogP contribution in [-0.4, -0.2) is 20.9 Å². The number of amides is 1. The first kappa shape index (κ1) is 14.3. The van der Waals surface area contributed by atoms with Gasteiger partial charge in [0.2, 0.25) is 5.91 Å². The van der Waals surface area contributed by atoms with Gasteiger partial charge in [-0.25, -0.2) is 9.37 Å². The number of rotatable bonds is 4. The lowest BCUT2D eigenvalue weighted by atomic mass is 10.1. The maximum Gasteiger partial charge on any atom is 0.225 e. The Morgan fingerprint density at radius 2 is 2.27 bits per heavy atom. The van der Waals surface area contributed by atoms with Gasteiger partial charge in [0.1, 0.15) is 5.82 Å². The number of aromatic nitrogens is 3. The van der Waals surface area contributed by atoms with E-state index in [9.17, 15) is 9.18 Å². The zero-order valence-electron chi connectivity index (χ0n) is 12.4. The maximum atomic E-state index is 13.4. The first-order chi connectivity index (χ1) is 10.5. The number of hydrogen-bond acceptors (Lipinski definition) is 2. The minimum Gasteiger partial charge on any atom is -0.358 e. The number of carbonyl (C=O) groups excluding carboxylic acids is 1. The summed E-state index contributed by atoms with van der Waals surface area (Å²) in [6, 6.07) is 4.39. The van der Waals surface area contributed by atoms with Crippen LogP contribution in [0.2, 0.25) is 0 Å². The first-order valence-corrected chi connectivity index (χ1v) is 7.09. The average molecular weight is 300 g/mol. The Kier molecular flexibility index (Phi) is 3.66. The van der Waals surface area contributed by atoms with Crippen LogP contribution in [0.1, 0.15) is 29.9 Å². The highest BCUT2D eigenvalue weighted by Gasteiger charge is 2.15. The molecule has 2 heterocycles. The monoisotopic (exact) mass is 300 g/mol. The Balaban J connectivity index is 1.79. The molecule has 1 aromatic carbocycles. The predicted octanol–water partition coefficient (Wildman–Crippen LogP) is 2.76. The largest absolute Gasteiger partial charge is 0.358 e. The van der Waals surface area contributed by atoms with Crippen LogP contribution in [0.5, 0.6) is 0 Å². The van der Waals surface area contributed by atoms with E-state index >= 15 is 0 Å². The smallest absolute Gasteiger partial charge is 0.225 e. The highest BCUT2D eigenvalue weighted by atomic mass is 19.1. The van der Waals surface area contributed by atoms with Crippen LogP contribution >= 0.6 is 0 Å². The predicted molar refractivity (Wildman–Crippen MR) is 81.8 cm³/mol. The van der Waals surface area contributed by atoms with Gasteiger partial charge in [-0.15, -0.1) is 0 Å². The van der Waals surface area contributed by atoms with Crippen LogP contribution in [-0.2, 0) is 11.2 Å². The van der Waals surface area contributed by atoms with Crippen LogP contribution in [0, 0.1) is 12.7 Å². The summed E-state index contributed by atoms with van der Waals surface area (Å²) in [7, 11) is 0. The molecule has 0 bridgehead atoms. The lowest BCUT2D eigenvalue weighted by Crippen LogP contribution is -2.28.